The van der Waals surface area contributed by atoms with E-state index in [0.717, 1.165) is 6.42 Å². The van der Waals surface area contributed by atoms with Crippen LogP contribution in [0, 0.1) is 18.3 Å². The molecule has 0 amide bonds. The normalized spacial score (nSPS) is 11.1. The van der Waals surface area contributed by atoms with Crippen LogP contribution in [-0.2, 0) is 6.42 Å². The van der Waals surface area contributed by atoms with Gasteiger partial charge in [0.1, 0.15) is 11.6 Å². The molecule has 1 aromatic carbocycles. The van der Waals surface area contributed by atoms with E-state index in [1.807, 2.05) is 13.0 Å². The number of aromatic hydroxyl groups is 2. The Balaban J connectivity index is 2.55. The van der Waals surface area contributed by atoms with Crippen LogP contribution in [0.2, 0.25) is 0 Å². The van der Waals surface area contributed by atoms with Crippen molar-refractivity contribution in [1.29, 1.82) is 5.26 Å². The van der Waals surface area contributed by atoms with Crippen LogP contribution in [-0.4, -0.2) is 19.6 Å². The molecule has 0 aliphatic heterocycles. The average molecular weight is 315 g/mol. The average Bonchev–Trinajstić information content (AvgIpc) is 2.84. The van der Waals surface area contributed by atoms with Gasteiger partial charge in [0, 0.05) is 11.6 Å². The van der Waals surface area contributed by atoms with E-state index in [9.17, 15) is 20.3 Å². The summed E-state index contributed by atoms with van der Waals surface area (Å²) in [6.07, 6.45) is 1.33. The van der Waals surface area contributed by atoms with Gasteiger partial charge in [0.25, 0.3) is 5.56 Å². The van der Waals surface area contributed by atoms with Crippen molar-refractivity contribution in [2.24, 2.45) is 0 Å². The van der Waals surface area contributed by atoms with Crippen LogP contribution in [0.4, 0.5) is 0 Å². The Hall–Kier alpha value is -2.59. The number of fused-ring (bicyclic) bond motifs is 3. The molecule has 0 spiro atoms. The van der Waals surface area contributed by atoms with Crippen molar-refractivity contribution >= 4 is 26.5 Å². The number of aromatic nitrogens is 2. The minimum atomic E-state index is -0.435. The fraction of sp³-hybridized carbons (Fsp3) is 0.267. The Kier molecular flexibility index (Phi) is 3.26. The second-order valence-corrected chi connectivity index (χ2v) is 6.05. The first-order valence-electron chi connectivity index (χ1n) is 6.79. The van der Waals surface area contributed by atoms with Gasteiger partial charge in [-0.2, -0.15) is 5.26 Å². The Morgan fingerprint density at radius 1 is 1.45 bits per heavy atom. The minimum absolute atomic E-state index is 0.0333. The summed E-state index contributed by atoms with van der Waals surface area (Å²) in [4.78, 5) is 17.5. The van der Waals surface area contributed by atoms with E-state index in [2.05, 4.69) is 4.98 Å². The third-order valence-electron chi connectivity index (χ3n) is 3.61. The Bertz CT molecular complexity index is 1010. The zero-order valence-corrected chi connectivity index (χ0v) is 12.9. The largest absolute Gasteiger partial charge is 0.504 e. The highest BCUT2D eigenvalue weighted by Crippen LogP contribution is 2.38. The van der Waals surface area contributed by atoms with E-state index in [1.54, 1.807) is 6.92 Å². The molecule has 2 aromatic heterocycles. The van der Waals surface area contributed by atoms with Crippen LogP contribution in [0.3, 0.4) is 0 Å². The standard InChI is InChI=1S/C15H13N3O3S/c1-3-4-9-8(6-16)14(21)18-12-7(2)13(20)10(19)5-11(12)22-15(18)17-9/h5,19-20H,3-4H2,1-2H3. The van der Waals surface area contributed by atoms with E-state index < -0.39 is 5.56 Å². The molecule has 0 fully saturated rings. The SMILES string of the molecule is CCCc1nc2sc3cc(O)c(O)c(C)c3n2c(=O)c1C#N. The summed E-state index contributed by atoms with van der Waals surface area (Å²) in [6, 6.07) is 3.34. The van der Waals surface area contributed by atoms with Gasteiger partial charge in [-0.1, -0.05) is 24.7 Å². The van der Waals surface area contributed by atoms with E-state index in [1.165, 1.54) is 21.8 Å². The summed E-state index contributed by atoms with van der Waals surface area (Å²) in [6.45, 7) is 3.57. The van der Waals surface area contributed by atoms with Gasteiger partial charge in [-0.15, -0.1) is 0 Å². The van der Waals surface area contributed by atoms with E-state index in [-0.39, 0.29) is 17.1 Å². The Morgan fingerprint density at radius 2 is 2.18 bits per heavy atom. The summed E-state index contributed by atoms with van der Waals surface area (Å²) < 4.78 is 1.97. The molecule has 0 bridgehead atoms. The first kappa shape index (κ1) is 14.4. The maximum atomic E-state index is 12.6. The molecular weight excluding hydrogens is 302 g/mol. The number of phenolic OH excluding ortho intramolecular Hbond substituents is 2. The summed E-state index contributed by atoms with van der Waals surface area (Å²) in [7, 11) is 0. The third kappa shape index (κ3) is 1.84. The predicted molar refractivity (Wildman–Crippen MR) is 83.6 cm³/mol. The molecule has 0 saturated heterocycles. The molecular formula is C15H13N3O3S. The highest BCUT2D eigenvalue weighted by atomic mass is 32.1. The van der Waals surface area contributed by atoms with Crippen molar-refractivity contribution in [3.8, 4) is 17.6 Å². The molecule has 6 nitrogen and oxygen atoms in total. The lowest BCUT2D eigenvalue weighted by Gasteiger charge is -2.05. The smallest absolute Gasteiger partial charge is 0.277 e. The van der Waals surface area contributed by atoms with Crippen LogP contribution in [0.1, 0.15) is 30.2 Å². The predicted octanol–water partition coefficient (Wildman–Crippen LogP) is 2.45. The van der Waals surface area contributed by atoms with E-state index >= 15 is 0 Å². The lowest BCUT2D eigenvalue weighted by Crippen LogP contribution is -2.20. The Labute approximate surface area is 129 Å². The number of aryl methyl sites for hydroxylation is 2. The molecule has 2 N–H and O–H groups in total. The van der Waals surface area contributed by atoms with Gasteiger partial charge < -0.3 is 10.2 Å². The molecule has 0 radical (unpaired) electrons. The van der Waals surface area contributed by atoms with Gasteiger partial charge in [0.15, 0.2) is 16.5 Å². The van der Waals surface area contributed by atoms with Crippen LogP contribution in [0.5, 0.6) is 11.5 Å². The Morgan fingerprint density at radius 3 is 2.82 bits per heavy atom. The number of rotatable bonds is 2. The maximum absolute atomic E-state index is 12.6. The number of benzene rings is 1. The van der Waals surface area contributed by atoms with Crippen molar-refractivity contribution in [3.05, 3.63) is 33.2 Å². The molecule has 112 valence electrons. The molecule has 0 unspecified atom stereocenters. The number of phenols is 2. The van der Waals surface area contributed by atoms with Gasteiger partial charge in [-0.05, 0) is 13.3 Å². The molecule has 3 rings (SSSR count). The second-order valence-electron chi connectivity index (χ2n) is 5.04. The maximum Gasteiger partial charge on any atom is 0.277 e. The lowest BCUT2D eigenvalue weighted by molar-refractivity contribution is 0.402. The van der Waals surface area contributed by atoms with Crippen LogP contribution in [0.15, 0.2) is 10.9 Å². The van der Waals surface area contributed by atoms with E-state index in [0.29, 0.717) is 32.9 Å². The highest BCUT2D eigenvalue weighted by molar-refractivity contribution is 7.23. The summed E-state index contributed by atoms with van der Waals surface area (Å²) >= 11 is 1.24. The highest BCUT2D eigenvalue weighted by Gasteiger charge is 2.19. The molecule has 0 atom stereocenters. The van der Waals surface area contributed by atoms with Gasteiger partial charge in [0.05, 0.1) is 15.9 Å². The molecule has 0 aliphatic rings. The third-order valence-corrected chi connectivity index (χ3v) is 4.59. The number of hydrogen-bond donors (Lipinski definition) is 2. The van der Waals surface area contributed by atoms with E-state index in [4.69, 9.17) is 0 Å². The van der Waals surface area contributed by atoms with Crippen LogP contribution in [0.25, 0.3) is 15.2 Å². The first-order chi connectivity index (χ1) is 10.5. The topological polar surface area (TPSA) is 98.6 Å². The molecule has 22 heavy (non-hydrogen) atoms. The number of thiazole rings is 1. The fourth-order valence-corrected chi connectivity index (χ4v) is 3.67. The molecule has 0 saturated carbocycles. The van der Waals surface area contributed by atoms with Gasteiger partial charge in [0.2, 0.25) is 0 Å². The fourth-order valence-electron chi connectivity index (χ4n) is 2.54. The summed E-state index contributed by atoms with van der Waals surface area (Å²) in [5.41, 5.74) is 0.957. The zero-order chi connectivity index (χ0) is 16.0. The van der Waals surface area contributed by atoms with Crippen molar-refractivity contribution in [2.75, 3.05) is 0 Å². The number of nitrogens with zero attached hydrogens (tertiary/aromatic N) is 3. The molecule has 3 aromatic rings. The molecule has 0 aliphatic carbocycles. The zero-order valence-electron chi connectivity index (χ0n) is 12.0. The van der Waals surface area contributed by atoms with Crippen molar-refractivity contribution < 1.29 is 10.2 Å². The monoisotopic (exact) mass is 315 g/mol. The van der Waals surface area contributed by atoms with Crippen molar-refractivity contribution in [2.45, 2.75) is 26.7 Å². The first-order valence-corrected chi connectivity index (χ1v) is 7.61. The lowest BCUT2D eigenvalue weighted by atomic mass is 10.1. The summed E-state index contributed by atoms with van der Waals surface area (Å²) in [5.74, 6) is -0.505. The summed E-state index contributed by atoms with van der Waals surface area (Å²) in [5, 5.41) is 28.9. The molecule has 2 heterocycles. The van der Waals surface area contributed by atoms with Crippen LogP contribution >= 0.6 is 11.3 Å². The van der Waals surface area contributed by atoms with Gasteiger partial charge >= 0.3 is 0 Å². The minimum Gasteiger partial charge on any atom is -0.504 e. The molecule has 7 heteroatoms. The number of hydrogen-bond acceptors (Lipinski definition) is 6. The van der Waals surface area contributed by atoms with Gasteiger partial charge in [-0.3, -0.25) is 4.79 Å². The van der Waals surface area contributed by atoms with Crippen molar-refractivity contribution in [3.63, 3.8) is 0 Å². The second kappa shape index (κ2) is 5.00. The quantitative estimate of drug-likeness (QED) is 0.708. The van der Waals surface area contributed by atoms with Crippen molar-refractivity contribution in [1.82, 2.24) is 9.38 Å². The van der Waals surface area contributed by atoms with Gasteiger partial charge in [-0.25, -0.2) is 9.38 Å². The van der Waals surface area contributed by atoms with Crippen LogP contribution < -0.4 is 5.56 Å². The number of nitriles is 1.